The number of ether oxygens (including phenoxy) is 3. The van der Waals surface area contributed by atoms with Crippen LogP contribution in [0.3, 0.4) is 0 Å². The van der Waals surface area contributed by atoms with E-state index in [4.69, 9.17) is 19.9 Å². The van der Waals surface area contributed by atoms with Crippen LogP contribution in [-0.4, -0.2) is 30.6 Å². The second kappa shape index (κ2) is 7.89. The summed E-state index contributed by atoms with van der Waals surface area (Å²) < 4.78 is 14.3. The Hall–Kier alpha value is -1.30. The first-order chi connectivity index (χ1) is 7.86. The Morgan fingerprint density at radius 3 is 2.18 bits per heavy atom. The summed E-state index contributed by atoms with van der Waals surface area (Å²) in [7, 11) is 0. The van der Waals surface area contributed by atoms with Gasteiger partial charge in [-0.15, -0.1) is 0 Å². The number of rotatable bonds is 6. The van der Waals surface area contributed by atoms with Gasteiger partial charge in [-0.3, -0.25) is 4.79 Å². The van der Waals surface area contributed by atoms with Crippen LogP contribution in [0, 0.1) is 0 Å². The summed E-state index contributed by atoms with van der Waals surface area (Å²) in [6, 6.07) is -0.688. The van der Waals surface area contributed by atoms with E-state index in [2.05, 4.69) is 0 Å². The van der Waals surface area contributed by atoms with E-state index < -0.39 is 24.5 Å². The van der Waals surface area contributed by atoms with E-state index in [1.54, 1.807) is 13.8 Å². The average Bonchev–Trinajstić information content (AvgIpc) is 2.15. The van der Waals surface area contributed by atoms with Gasteiger partial charge >= 0.3 is 12.1 Å². The van der Waals surface area contributed by atoms with Crippen molar-refractivity contribution >= 4 is 12.1 Å². The van der Waals surface area contributed by atoms with Gasteiger partial charge in [-0.25, -0.2) is 4.79 Å². The van der Waals surface area contributed by atoms with Crippen molar-refractivity contribution in [3.05, 3.63) is 0 Å². The lowest BCUT2D eigenvalue weighted by atomic mass is 10.2. The molecular formula is C11H21NO5. The zero-order valence-corrected chi connectivity index (χ0v) is 10.8. The van der Waals surface area contributed by atoms with Gasteiger partial charge in [0.15, 0.2) is 0 Å². The van der Waals surface area contributed by atoms with Gasteiger partial charge in [-0.05, 0) is 20.3 Å². The molecule has 0 heterocycles. The van der Waals surface area contributed by atoms with Crippen LogP contribution in [-0.2, 0) is 19.0 Å². The minimum Gasteiger partial charge on any atom is -0.431 e. The fourth-order valence-corrected chi connectivity index (χ4v) is 1.06. The summed E-state index contributed by atoms with van der Waals surface area (Å²) in [5, 5.41) is 0. The zero-order chi connectivity index (χ0) is 13.4. The summed E-state index contributed by atoms with van der Waals surface area (Å²) in [6.45, 7) is 6.72. The Morgan fingerprint density at radius 1 is 1.12 bits per heavy atom. The molecule has 0 amide bonds. The molecule has 0 aromatic heterocycles. The van der Waals surface area contributed by atoms with Gasteiger partial charge in [0.05, 0.1) is 6.10 Å². The largest absolute Gasteiger partial charge is 0.511 e. The second-order valence-corrected chi connectivity index (χ2v) is 3.93. The van der Waals surface area contributed by atoms with Crippen molar-refractivity contribution in [1.29, 1.82) is 0 Å². The molecule has 0 aliphatic carbocycles. The highest BCUT2D eigenvalue weighted by Crippen LogP contribution is 2.03. The van der Waals surface area contributed by atoms with Gasteiger partial charge in [0.2, 0.25) is 6.29 Å². The normalized spacial score (nSPS) is 14.0. The van der Waals surface area contributed by atoms with Gasteiger partial charge in [0.1, 0.15) is 6.04 Å². The molecule has 0 aromatic rings. The molecule has 0 rings (SSSR count). The van der Waals surface area contributed by atoms with Gasteiger partial charge in [0.25, 0.3) is 0 Å². The van der Waals surface area contributed by atoms with E-state index >= 15 is 0 Å². The Bertz CT molecular complexity index is 254. The topological polar surface area (TPSA) is 87.9 Å². The molecule has 0 bridgehead atoms. The molecule has 0 radical (unpaired) electrons. The number of esters is 1. The average molecular weight is 247 g/mol. The molecule has 0 aliphatic heterocycles. The van der Waals surface area contributed by atoms with Crippen molar-refractivity contribution in [2.45, 2.75) is 59.0 Å². The van der Waals surface area contributed by atoms with E-state index in [9.17, 15) is 9.59 Å². The van der Waals surface area contributed by atoms with E-state index in [0.29, 0.717) is 6.42 Å². The highest BCUT2D eigenvalue weighted by atomic mass is 16.8. The Kier molecular flexibility index (Phi) is 7.29. The maximum atomic E-state index is 11.4. The smallest absolute Gasteiger partial charge is 0.431 e. The van der Waals surface area contributed by atoms with Crippen LogP contribution in [0.5, 0.6) is 0 Å². The Balaban J connectivity index is 3.96. The van der Waals surface area contributed by atoms with E-state index in [1.165, 1.54) is 6.92 Å². The van der Waals surface area contributed by atoms with Crippen molar-refractivity contribution in [3.8, 4) is 0 Å². The highest BCUT2D eigenvalue weighted by molar-refractivity contribution is 5.75. The quantitative estimate of drug-likeness (QED) is 0.566. The minimum absolute atomic E-state index is 0.284. The van der Waals surface area contributed by atoms with Crippen LogP contribution in [0.2, 0.25) is 0 Å². The number of carbonyl (C=O) groups is 2. The van der Waals surface area contributed by atoms with E-state index in [1.807, 2.05) is 6.92 Å². The predicted molar refractivity (Wildman–Crippen MR) is 61.1 cm³/mol. The van der Waals surface area contributed by atoms with Crippen LogP contribution in [0.25, 0.3) is 0 Å². The van der Waals surface area contributed by atoms with E-state index in [0.717, 1.165) is 6.42 Å². The molecule has 2 atom stereocenters. The molecule has 0 aliphatic rings. The molecule has 0 fully saturated rings. The maximum absolute atomic E-state index is 11.4. The molecule has 0 spiro atoms. The summed E-state index contributed by atoms with van der Waals surface area (Å²) in [4.78, 5) is 22.4. The maximum Gasteiger partial charge on any atom is 0.511 e. The van der Waals surface area contributed by atoms with E-state index in [-0.39, 0.29) is 6.10 Å². The van der Waals surface area contributed by atoms with Gasteiger partial charge in [-0.1, -0.05) is 13.3 Å². The summed E-state index contributed by atoms with van der Waals surface area (Å²) >= 11 is 0. The first kappa shape index (κ1) is 15.7. The monoisotopic (exact) mass is 247 g/mol. The van der Waals surface area contributed by atoms with Crippen LogP contribution >= 0.6 is 0 Å². The van der Waals surface area contributed by atoms with Crippen molar-refractivity contribution in [1.82, 2.24) is 0 Å². The van der Waals surface area contributed by atoms with Crippen LogP contribution in [0.15, 0.2) is 0 Å². The number of hydrogen-bond donors (Lipinski definition) is 1. The lowest BCUT2D eigenvalue weighted by Crippen LogP contribution is -2.35. The van der Waals surface area contributed by atoms with Crippen LogP contribution < -0.4 is 5.73 Å². The standard InChI is InChI=1S/C11H21NO5/c1-5-6-9(12)10(13)16-8(4)17-11(14)15-7(2)3/h7-9H,5-6,12H2,1-4H3. The van der Waals surface area contributed by atoms with Gasteiger partial charge in [0, 0.05) is 6.92 Å². The minimum atomic E-state index is -1.00. The third-order valence-corrected chi connectivity index (χ3v) is 1.78. The summed E-state index contributed by atoms with van der Waals surface area (Å²) in [6.07, 6.45) is -0.850. The first-order valence-electron chi connectivity index (χ1n) is 5.70. The number of carbonyl (C=O) groups excluding carboxylic acids is 2. The lowest BCUT2D eigenvalue weighted by molar-refractivity contribution is -0.170. The summed E-state index contributed by atoms with van der Waals surface area (Å²) in [5.74, 6) is -0.586. The van der Waals surface area contributed by atoms with Crippen LogP contribution in [0.1, 0.15) is 40.5 Å². The molecule has 17 heavy (non-hydrogen) atoms. The molecular weight excluding hydrogens is 226 g/mol. The number of nitrogens with two attached hydrogens (primary N) is 1. The van der Waals surface area contributed by atoms with Crippen molar-refractivity contribution < 1.29 is 23.8 Å². The zero-order valence-electron chi connectivity index (χ0n) is 10.8. The SMILES string of the molecule is CCCC(N)C(=O)OC(C)OC(=O)OC(C)C. The van der Waals surface area contributed by atoms with Gasteiger partial charge < -0.3 is 19.9 Å². The molecule has 2 unspecified atom stereocenters. The Labute approximate surface area is 101 Å². The highest BCUT2D eigenvalue weighted by Gasteiger charge is 2.20. The predicted octanol–water partition coefficient (Wildman–Crippen LogP) is 1.56. The first-order valence-corrected chi connectivity index (χ1v) is 5.70. The molecule has 0 saturated carbocycles. The Morgan fingerprint density at radius 2 is 1.71 bits per heavy atom. The lowest BCUT2D eigenvalue weighted by Gasteiger charge is -2.17. The molecule has 6 nitrogen and oxygen atoms in total. The van der Waals surface area contributed by atoms with Crippen molar-refractivity contribution in [3.63, 3.8) is 0 Å². The fourth-order valence-electron chi connectivity index (χ4n) is 1.06. The summed E-state index contributed by atoms with van der Waals surface area (Å²) in [5.41, 5.74) is 5.54. The van der Waals surface area contributed by atoms with Crippen molar-refractivity contribution in [2.75, 3.05) is 0 Å². The molecule has 0 aromatic carbocycles. The van der Waals surface area contributed by atoms with Gasteiger partial charge in [-0.2, -0.15) is 0 Å². The number of hydrogen-bond acceptors (Lipinski definition) is 6. The van der Waals surface area contributed by atoms with Crippen molar-refractivity contribution in [2.24, 2.45) is 5.73 Å². The molecule has 0 saturated heterocycles. The third kappa shape index (κ3) is 7.57. The third-order valence-electron chi connectivity index (χ3n) is 1.78. The molecule has 6 heteroatoms. The fraction of sp³-hybridized carbons (Fsp3) is 0.818. The van der Waals surface area contributed by atoms with Crippen LogP contribution in [0.4, 0.5) is 4.79 Å². The molecule has 100 valence electrons. The second-order valence-electron chi connectivity index (χ2n) is 3.93. The molecule has 2 N–H and O–H groups in total.